The van der Waals surface area contributed by atoms with Gasteiger partial charge in [-0.2, -0.15) is 0 Å². The smallest absolute Gasteiger partial charge is 0.168 e. The van der Waals surface area contributed by atoms with Crippen molar-refractivity contribution < 1.29 is 14.2 Å². The van der Waals surface area contributed by atoms with E-state index in [9.17, 15) is 0 Å². The van der Waals surface area contributed by atoms with E-state index in [-0.39, 0.29) is 11.9 Å². The molecule has 0 N–H and O–H groups in total. The van der Waals surface area contributed by atoms with E-state index in [4.69, 9.17) is 14.2 Å². The summed E-state index contributed by atoms with van der Waals surface area (Å²) in [5, 5.41) is 0. The van der Waals surface area contributed by atoms with Crippen LogP contribution in [-0.2, 0) is 14.2 Å². The summed E-state index contributed by atoms with van der Waals surface area (Å²) in [6, 6.07) is 0.569. The lowest BCUT2D eigenvalue weighted by Gasteiger charge is -2.37. The van der Waals surface area contributed by atoms with Crippen LogP contribution in [0.15, 0.2) is 0 Å². The third kappa shape index (κ3) is 7.46. The molecular weight excluding hydrogens is 326 g/mol. The summed E-state index contributed by atoms with van der Waals surface area (Å²) in [5.74, 6) is 1.37. The van der Waals surface area contributed by atoms with Gasteiger partial charge in [-0.25, -0.2) is 0 Å². The number of hydrogen-bond donors (Lipinski definition) is 0. The Morgan fingerprint density at radius 2 is 1.73 bits per heavy atom. The molecule has 0 amide bonds. The van der Waals surface area contributed by atoms with Gasteiger partial charge in [0.25, 0.3) is 0 Å². The standard InChI is InChI=1S/C20H39NO3.C2H6/c1-16(2)18-7-10-20(11-8-18)23-15-19(24-20)9-13-21(17(3)4)12-6-14-22-5;1-2/h16-19H,6-15H2,1-5H3;1-2H3. The van der Waals surface area contributed by atoms with Crippen LogP contribution in [0.4, 0.5) is 0 Å². The maximum absolute atomic E-state index is 6.40. The van der Waals surface area contributed by atoms with E-state index in [0.29, 0.717) is 6.04 Å². The molecule has 1 spiro atoms. The van der Waals surface area contributed by atoms with Gasteiger partial charge in [-0.1, -0.05) is 27.7 Å². The average Bonchev–Trinajstić information content (AvgIpc) is 3.02. The molecule has 2 fully saturated rings. The first-order valence-corrected chi connectivity index (χ1v) is 11.0. The maximum atomic E-state index is 6.40. The van der Waals surface area contributed by atoms with E-state index in [0.717, 1.165) is 63.8 Å². The fourth-order valence-corrected chi connectivity index (χ4v) is 4.12. The van der Waals surface area contributed by atoms with Crippen LogP contribution in [0.3, 0.4) is 0 Å². The Morgan fingerprint density at radius 3 is 2.27 bits per heavy atom. The minimum Gasteiger partial charge on any atom is -0.385 e. The van der Waals surface area contributed by atoms with Crippen molar-refractivity contribution in [1.82, 2.24) is 4.90 Å². The zero-order chi connectivity index (χ0) is 19.6. The second-order valence-corrected chi connectivity index (χ2v) is 8.31. The highest BCUT2D eigenvalue weighted by Gasteiger charge is 2.44. The van der Waals surface area contributed by atoms with Crippen molar-refractivity contribution in [3.8, 4) is 0 Å². The molecular formula is C22H45NO3. The second kappa shape index (κ2) is 12.3. The summed E-state index contributed by atoms with van der Waals surface area (Å²) in [4.78, 5) is 2.53. The lowest BCUT2D eigenvalue weighted by atomic mass is 9.79. The van der Waals surface area contributed by atoms with E-state index in [1.165, 1.54) is 12.8 Å². The monoisotopic (exact) mass is 371 g/mol. The summed E-state index contributed by atoms with van der Waals surface area (Å²) >= 11 is 0. The molecule has 0 bridgehead atoms. The minimum atomic E-state index is -0.255. The van der Waals surface area contributed by atoms with E-state index in [1.807, 2.05) is 13.8 Å². The molecule has 1 aliphatic carbocycles. The summed E-state index contributed by atoms with van der Waals surface area (Å²) in [5.41, 5.74) is 0. The van der Waals surface area contributed by atoms with Gasteiger partial charge in [0.15, 0.2) is 5.79 Å². The molecule has 2 aliphatic rings. The summed E-state index contributed by atoms with van der Waals surface area (Å²) in [7, 11) is 1.77. The highest BCUT2D eigenvalue weighted by Crippen LogP contribution is 2.42. The normalized spacial score (nSPS) is 28.8. The third-order valence-corrected chi connectivity index (χ3v) is 5.91. The molecule has 1 heterocycles. The highest BCUT2D eigenvalue weighted by molar-refractivity contribution is 4.86. The van der Waals surface area contributed by atoms with Crippen LogP contribution in [0.5, 0.6) is 0 Å². The molecule has 0 radical (unpaired) electrons. The molecule has 1 saturated carbocycles. The van der Waals surface area contributed by atoms with Crippen molar-refractivity contribution >= 4 is 0 Å². The van der Waals surface area contributed by atoms with Gasteiger partial charge in [0.1, 0.15) is 0 Å². The molecule has 0 aromatic carbocycles. The van der Waals surface area contributed by atoms with Crippen LogP contribution in [0, 0.1) is 11.8 Å². The molecule has 26 heavy (non-hydrogen) atoms. The van der Waals surface area contributed by atoms with Gasteiger partial charge in [0.2, 0.25) is 0 Å². The quantitative estimate of drug-likeness (QED) is 0.527. The van der Waals surface area contributed by atoms with Crippen molar-refractivity contribution in [1.29, 1.82) is 0 Å². The van der Waals surface area contributed by atoms with Gasteiger partial charge >= 0.3 is 0 Å². The minimum absolute atomic E-state index is 0.255. The summed E-state index contributed by atoms with van der Waals surface area (Å²) in [6.07, 6.45) is 7.09. The van der Waals surface area contributed by atoms with E-state index in [2.05, 4.69) is 32.6 Å². The van der Waals surface area contributed by atoms with Gasteiger partial charge in [0.05, 0.1) is 12.7 Å². The fraction of sp³-hybridized carbons (Fsp3) is 1.00. The van der Waals surface area contributed by atoms with Crippen LogP contribution in [0.25, 0.3) is 0 Å². The Bertz CT molecular complexity index is 351. The second-order valence-electron chi connectivity index (χ2n) is 8.31. The van der Waals surface area contributed by atoms with Gasteiger partial charge in [-0.3, -0.25) is 0 Å². The van der Waals surface area contributed by atoms with E-state index >= 15 is 0 Å². The van der Waals surface area contributed by atoms with Gasteiger partial charge in [0, 0.05) is 45.7 Å². The predicted octanol–water partition coefficient (Wildman–Crippen LogP) is 5.11. The van der Waals surface area contributed by atoms with Crippen LogP contribution < -0.4 is 0 Å². The van der Waals surface area contributed by atoms with Crippen LogP contribution >= 0.6 is 0 Å². The Morgan fingerprint density at radius 1 is 1.08 bits per heavy atom. The van der Waals surface area contributed by atoms with Crippen molar-refractivity contribution in [2.24, 2.45) is 11.8 Å². The maximum Gasteiger partial charge on any atom is 0.168 e. The van der Waals surface area contributed by atoms with Crippen LogP contribution in [-0.4, -0.2) is 56.2 Å². The number of ether oxygens (including phenoxy) is 3. The molecule has 1 aliphatic heterocycles. The van der Waals surface area contributed by atoms with Crippen molar-refractivity contribution in [2.75, 3.05) is 33.4 Å². The molecule has 4 heteroatoms. The Balaban J connectivity index is 0.00000163. The zero-order valence-electron chi connectivity index (χ0n) is 18.6. The van der Waals surface area contributed by atoms with Crippen molar-refractivity contribution in [2.45, 2.75) is 98.0 Å². The molecule has 0 aromatic rings. The van der Waals surface area contributed by atoms with Crippen molar-refractivity contribution in [3.05, 3.63) is 0 Å². The first-order chi connectivity index (χ1) is 12.5. The number of hydrogen-bond acceptors (Lipinski definition) is 4. The Hall–Kier alpha value is -0.160. The number of nitrogens with zero attached hydrogens (tertiary/aromatic N) is 1. The molecule has 4 nitrogen and oxygen atoms in total. The lowest BCUT2D eigenvalue weighted by molar-refractivity contribution is -0.194. The molecule has 1 unspecified atom stereocenters. The molecule has 1 saturated heterocycles. The topological polar surface area (TPSA) is 30.9 Å². The van der Waals surface area contributed by atoms with Gasteiger partial charge in [-0.05, 0) is 51.4 Å². The average molecular weight is 372 g/mol. The summed E-state index contributed by atoms with van der Waals surface area (Å²) in [6.45, 7) is 17.0. The molecule has 1 atom stereocenters. The van der Waals surface area contributed by atoms with Crippen molar-refractivity contribution in [3.63, 3.8) is 0 Å². The van der Waals surface area contributed by atoms with Crippen LogP contribution in [0.2, 0.25) is 0 Å². The first kappa shape index (κ1) is 23.9. The third-order valence-electron chi connectivity index (χ3n) is 5.91. The SMILES string of the molecule is CC.COCCCN(CCC1COC2(CCC(C(C)C)CC2)O1)C(C)C. The van der Waals surface area contributed by atoms with Gasteiger partial charge in [-0.15, -0.1) is 0 Å². The fourth-order valence-electron chi connectivity index (χ4n) is 4.12. The molecule has 0 aromatic heterocycles. The number of methoxy groups -OCH3 is 1. The Labute approximate surface area is 162 Å². The number of rotatable bonds is 9. The van der Waals surface area contributed by atoms with E-state index < -0.39 is 0 Å². The first-order valence-electron chi connectivity index (χ1n) is 11.0. The largest absolute Gasteiger partial charge is 0.385 e. The Kier molecular flexibility index (Phi) is 11.3. The van der Waals surface area contributed by atoms with Crippen LogP contribution in [0.1, 0.15) is 80.1 Å². The van der Waals surface area contributed by atoms with E-state index in [1.54, 1.807) is 7.11 Å². The highest BCUT2D eigenvalue weighted by atomic mass is 16.7. The lowest BCUT2D eigenvalue weighted by Crippen LogP contribution is -2.38. The predicted molar refractivity (Wildman–Crippen MR) is 110 cm³/mol. The van der Waals surface area contributed by atoms with Gasteiger partial charge < -0.3 is 19.1 Å². The summed E-state index contributed by atoms with van der Waals surface area (Å²) < 4.78 is 17.7. The molecule has 2 rings (SSSR count). The molecule has 156 valence electrons. The zero-order valence-corrected chi connectivity index (χ0v) is 18.6.